The maximum absolute atomic E-state index is 6.19. The van der Waals surface area contributed by atoms with Crippen molar-refractivity contribution in [3.8, 4) is 5.75 Å². The van der Waals surface area contributed by atoms with Crippen LogP contribution in [0.5, 0.6) is 5.75 Å². The summed E-state index contributed by atoms with van der Waals surface area (Å²) in [6.07, 6.45) is 0.850. The summed E-state index contributed by atoms with van der Waals surface area (Å²) in [5.41, 5.74) is 1.85. The average molecular weight is 408 g/mol. The number of ether oxygens (including phenoxy) is 1. The number of benzene rings is 2. The zero-order valence-electron chi connectivity index (χ0n) is 10.8. The Hall–Kier alpha value is -0.610. The Morgan fingerprint density at radius 1 is 1.14 bits per heavy atom. The predicted molar refractivity (Wildman–Crippen MR) is 92.2 cm³/mol. The molecule has 0 aromatic heterocycles. The first-order valence-electron chi connectivity index (χ1n) is 6.36. The van der Waals surface area contributed by atoms with Crippen molar-refractivity contribution in [2.45, 2.75) is 12.5 Å². The van der Waals surface area contributed by atoms with E-state index in [4.69, 9.17) is 39.5 Å². The summed E-state index contributed by atoms with van der Waals surface area (Å²) in [6.45, 7) is 0.618. The molecule has 21 heavy (non-hydrogen) atoms. The summed E-state index contributed by atoms with van der Waals surface area (Å²) in [4.78, 5) is 0. The molecule has 3 rings (SSSR count). The van der Waals surface area contributed by atoms with Crippen LogP contribution in [-0.2, 0) is 6.42 Å². The van der Waals surface area contributed by atoms with E-state index in [2.05, 4.69) is 21.2 Å². The third kappa shape index (κ3) is 3.42. The molecular formula is C15H11BrCl3NO. The molecule has 1 N–H and O–H groups in total. The minimum absolute atomic E-state index is 0.0363. The predicted octanol–water partition coefficient (Wildman–Crippen LogP) is 5.82. The molecule has 6 heteroatoms. The fraction of sp³-hybridized carbons (Fsp3) is 0.200. The summed E-state index contributed by atoms with van der Waals surface area (Å²) in [6, 6.07) is 9.28. The normalized spacial score (nSPS) is 16.5. The van der Waals surface area contributed by atoms with Gasteiger partial charge >= 0.3 is 0 Å². The second-order valence-corrected chi connectivity index (χ2v) is 6.99. The highest BCUT2D eigenvalue weighted by Gasteiger charge is 2.23. The number of fused-ring (bicyclic) bond motifs is 1. The van der Waals surface area contributed by atoms with E-state index in [9.17, 15) is 0 Å². The molecule has 1 atom stereocenters. The molecule has 1 heterocycles. The molecule has 0 radical (unpaired) electrons. The van der Waals surface area contributed by atoms with E-state index in [-0.39, 0.29) is 6.10 Å². The fourth-order valence-electron chi connectivity index (χ4n) is 2.33. The van der Waals surface area contributed by atoms with E-state index in [1.54, 1.807) is 12.1 Å². The summed E-state index contributed by atoms with van der Waals surface area (Å²) < 4.78 is 6.72. The fourth-order valence-corrected chi connectivity index (χ4v) is 3.87. The van der Waals surface area contributed by atoms with Crippen LogP contribution >= 0.6 is 50.7 Å². The second-order valence-electron chi connectivity index (χ2n) is 4.82. The van der Waals surface area contributed by atoms with Gasteiger partial charge in [-0.1, -0.05) is 50.7 Å². The molecule has 0 amide bonds. The van der Waals surface area contributed by atoms with Crippen molar-refractivity contribution >= 4 is 56.4 Å². The Morgan fingerprint density at radius 2 is 1.86 bits per heavy atom. The second kappa shape index (κ2) is 6.25. The van der Waals surface area contributed by atoms with Crippen LogP contribution in [-0.4, -0.2) is 12.6 Å². The lowest BCUT2D eigenvalue weighted by Gasteiger charge is -2.15. The first-order valence-corrected chi connectivity index (χ1v) is 8.29. The van der Waals surface area contributed by atoms with Gasteiger partial charge in [-0.3, -0.25) is 0 Å². The minimum Gasteiger partial charge on any atom is -0.488 e. The van der Waals surface area contributed by atoms with Gasteiger partial charge in [0.05, 0.1) is 22.3 Å². The van der Waals surface area contributed by atoms with Gasteiger partial charge in [-0.25, -0.2) is 0 Å². The molecular weight excluding hydrogens is 396 g/mol. The van der Waals surface area contributed by atoms with Crippen LogP contribution in [0.15, 0.2) is 34.8 Å². The van der Waals surface area contributed by atoms with E-state index in [0.717, 1.165) is 32.9 Å². The minimum atomic E-state index is 0.0363. The van der Waals surface area contributed by atoms with Gasteiger partial charge in [-0.05, 0) is 35.9 Å². The van der Waals surface area contributed by atoms with Crippen molar-refractivity contribution in [1.29, 1.82) is 0 Å². The van der Waals surface area contributed by atoms with Crippen LogP contribution in [0.25, 0.3) is 0 Å². The van der Waals surface area contributed by atoms with Gasteiger partial charge in [-0.2, -0.15) is 0 Å². The highest BCUT2D eigenvalue weighted by molar-refractivity contribution is 9.10. The van der Waals surface area contributed by atoms with E-state index in [1.165, 1.54) is 0 Å². The molecule has 1 aliphatic heterocycles. The number of anilines is 1. The van der Waals surface area contributed by atoms with Gasteiger partial charge < -0.3 is 10.1 Å². The largest absolute Gasteiger partial charge is 0.488 e. The molecule has 1 unspecified atom stereocenters. The third-order valence-corrected chi connectivity index (χ3v) is 4.57. The van der Waals surface area contributed by atoms with E-state index in [0.29, 0.717) is 16.6 Å². The molecule has 0 saturated carbocycles. The first-order chi connectivity index (χ1) is 10.0. The van der Waals surface area contributed by atoms with Crippen molar-refractivity contribution in [3.63, 3.8) is 0 Å². The lowest BCUT2D eigenvalue weighted by molar-refractivity contribution is 0.246. The van der Waals surface area contributed by atoms with E-state index < -0.39 is 0 Å². The molecule has 1 aliphatic rings. The Balaban J connectivity index is 1.68. The number of halogens is 4. The number of hydrogen-bond acceptors (Lipinski definition) is 2. The highest BCUT2D eigenvalue weighted by atomic mass is 79.9. The lowest BCUT2D eigenvalue weighted by atomic mass is 10.1. The Bertz CT molecular complexity index is 670. The maximum Gasteiger partial charge on any atom is 0.123 e. The van der Waals surface area contributed by atoms with Gasteiger partial charge in [0, 0.05) is 15.9 Å². The van der Waals surface area contributed by atoms with Gasteiger partial charge in [0.25, 0.3) is 0 Å². The van der Waals surface area contributed by atoms with Gasteiger partial charge in [-0.15, -0.1) is 0 Å². The third-order valence-electron chi connectivity index (χ3n) is 3.28. The standard InChI is InChI=1S/C15H11BrCl3NO/c16-9-5-12(18)15(13(19)6-9)20-7-11-4-8-3-10(17)1-2-14(8)21-11/h1-3,5-6,11,20H,4,7H2. The van der Waals surface area contributed by atoms with Gasteiger partial charge in [0.15, 0.2) is 0 Å². The van der Waals surface area contributed by atoms with Crippen molar-refractivity contribution < 1.29 is 4.74 Å². The molecule has 0 bridgehead atoms. The quantitative estimate of drug-likeness (QED) is 0.692. The Labute approximate surface area is 146 Å². The van der Waals surface area contributed by atoms with Gasteiger partial charge in [0.2, 0.25) is 0 Å². The summed E-state index contributed by atoms with van der Waals surface area (Å²) >= 11 is 21.7. The van der Waals surface area contributed by atoms with Crippen molar-refractivity contribution in [1.82, 2.24) is 0 Å². The molecule has 0 aliphatic carbocycles. The lowest BCUT2D eigenvalue weighted by Crippen LogP contribution is -2.24. The average Bonchev–Trinajstić information content (AvgIpc) is 2.79. The zero-order chi connectivity index (χ0) is 15.0. The van der Waals surface area contributed by atoms with Crippen LogP contribution in [0.4, 0.5) is 5.69 Å². The smallest absolute Gasteiger partial charge is 0.123 e. The van der Waals surface area contributed by atoms with E-state index >= 15 is 0 Å². The molecule has 0 saturated heterocycles. The Morgan fingerprint density at radius 3 is 2.57 bits per heavy atom. The molecule has 2 nitrogen and oxygen atoms in total. The van der Waals surface area contributed by atoms with Crippen LogP contribution in [0.3, 0.4) is 0 Å². The number of hydrogen-bond donors (Lipinski definition) is 1. The SMILES string of the molecule is Clc1ccc2c(c1)CC(CNc1c(Cl)cc(Br)cc1Cl)O2. The van der Waals surface area contributed by atoms with Crippen LogP contribution < -0.4 is 10.1 Å². The number of nitrogens with one attached hydrogen (secondary N) is 1. The molecule has 2 aromatic carbocycles. The molecule has 0 spiro atoms. The highest BCUT2D eigenvalue weighted by Crippen LogP contribution is 2.35. The van der Waals surface area contributed by atoms with E-state index in [1.807, 2.05) is 18.2 Å². The maximum atomic E-state index is 6.19. The number of rotatable bonds is 3. The van der Waals surface area contributed by atoms with Crippen LogP contribution in [0.1, 0.15) is 5.56 Å². The summed E-state index contributed by atoms with van der Waals surface area (Å²) in [7, 11) is 0. The summed E-state index contributed by atoms with van der Waals surface area (Å²) in [5, 5.41) is 5.14. The molecule has 110 valence electrons. The van der Waals surface area contributed by atoms with Crippen LogP contribution in [0, 0.1) is 0 Å². The Kier molecular flexibility index (Phi) is 4.55. The first kappa shape index (κ1) is 15.3. The van der Waals surface area contributed by atoms with Crippen molar-refractivity contribution in [3.05, 3.63) is 55.4 Å². The topological polar surface area (TPSA) is 21.3 Å². The zero-order valence-corrected chi connectivity index (χ0v) is 14.7. The van der Waals surface area contributed by atoms with Crippen molar-refractivity contribution in [2.24, 2.45) is 0 Å². The van der Waals surface area contributed by atoms with Crippen LogP contribution in [0.2, 0.25) is 15.1 Å². The van der Waals surface area contributed by atoms with Gasteiger partial charge in [0.1, 0.15) is 11.9 Å². The monoisotopic (exact) mass is 405 g/mol. The van der Waals surface area contributed by atoms with Crippen molar-refractivity contribution in [2.75, 3.05) is 11.9 Å². The summed E-state index contributed by atoms with van der Waals surface area (Å²) in [5.74, 6) is 0.888. The molecule has 2 aromatic rings. The molecule has 0 fully saturated rings.